The average Bonchev–Trinajstić information content (AvgIpc) is 2.44. The minimum atomic E-state index is -1.00. The zero-order chi connectivity index (χ0) is 19.0. The monoisotopic (exact) mass is 414 g/mol. The number of hydrogen-bond acceptors (Lipinski definition) is 6. The molecule has 10 nitrogen and oxygen atoms in total. The van der Waals surface area contributed by atoms with Gasteiger partial charge in [0, 0.05) is 13.1 Å². The molecule has 0 aliphatic heterocycles. The zero-order valence-corrected chi connectivity index (χ0v) is 16.9. The molecule has 0 unspecified atom stereocenters. The van der Waals surface area contributed by atoms with Crippen molar-refractivity contribution in [2.75, 3.05) is 13.1 Å². The van der Waals surface area contributed by atoms with Crippen LogP contribution in [0.4, 0.5) is 0 Å². The molecule has 0 fully saturated rings. The molecule has 0 aliphatic rings. The van der Waals surface area contributed by atoms with E-state index in [2.05, 4.69) is 20.9 Å². The summed E-state index contributed by atoms with van der Waals surface area (Å²) in [5, 5.41) is 46.5. The van der Waals surface area contributed by atoms with Crippen LogP contribution in [0.25, 0.3) is 0 Å². The predicted octanol–water partition coefficient (Wildman–Crippen LogP) is 1.92. The van der Waals surface area contributed by atoms with E-state index < -0.39 is 23.0 Å². The lowest BCUT2D eigenvalue weighted by Crippen LogP contribution is -2.43. The van der Waals surface area contributed by atoms with Crippen molar-refractivity contribution in [2.45, 2.75) is 51.6 Å². The van der Waals surface area contributed by atoms with Crippen LogP contribution in [0.2, 0.25) is 0 Å². The summed E-state index contributed by atoms with van der Waals surface area (Å²) >= 11 is 0. The van der Waals surface area contributed by atoms with Gasteiger partial charge in [0.25, 0.3) is 0 Å². The van der Waals surface area contributed by atoms with Crippen molar-refractivity contribution in [1.82, 2.24) is 10.6 Å². The fourth-order valence-corrected chi connectivity index (χ4v) is 1.37. The molecule has 152 valence electrons. The van der Waals surface area contributed by atoms with E-state index >= 15 is 0 Å². The number of aliphatic carboxylic acids is 2. The number of carbonyl (C=O) groups is 2. The number of nitrogens with one attached hydrogen (secondary N) is 4. The molecule has 0 rings (SSSR count). The molecular formula is C14H28Cl2N6O4. The quantitative estimate of drug-likeness (QED) is 0.181. The second-order valence-corrected chi connectivity index (χ2v) is 6.21. The van der Waals surface area contributed by atoms with Crippen LogP contribution in [0.1, 0.15) is 40.5 Å². The summed E-state index contributed by atoms with van der Waals surface area (Å²) in [6.45, 7) is 6.80. The van der Waals surface area contributed by atoms with Gasteiger partial charge in [0.05, 0.1) is 12.8 Å². The Bertz CT molecular complexity index is 492. The number of amidine groups is 2. The highest BCUT2D eigenvalue weighted by atomic mass is 35.5. The van der Waals surface area contributed by atoms with Crippen LogP contribution in [0.5, 0.6) is 0 Å². The maximum absolute atomic E-state index is 10.5. The van der Waals surface area contributed by atoms with E-state index in [-0.39, 0.29) is 62.4 Å². The molecule has 0 saturated heterocycles. The van der Waals surface area contributed by atoms with Gasteiger partial charge in [-0.1, -0.05) is 0 Å². The molecule has 0 heterocycles. The van der Waals surface area contributed by atoms with Crippen LogP contribution in [0, 0.1) is 10.8 Å². The minimum absolute atomic E-state index is 0. The summed E-state index contributed by atoms with van der Waals surface area (Å²) in [5.41, 5.74) is -2.01. The SMILES string of the molecule is CC(C)(/N=N/C(C)(C)C(=N)NCCC(=O)O)C(=N)NCCC(=O)O.Cl.Cl. The molecule has 0 spiro atoms. The lowest BCUT2D eigenvalue weighted by Gasteiger charge is -2.25. The number of nitrogens with zero attached hydrogens (tertiary/aromatic N) is 2. The molecule has 0 amide bonds. The third kappa shape index (κ3) is 11.6. The van der Waals surface area contributed by atoms with Gasteiger partial charge in [0.1, 0.15) is 22.7 Å². The summed E-state index contributed by atoms with van der Waals surface area (Å²) in [4.78, 5) is 20.9. The second kappa shape index (κ2) is 12.4. The number of rotatable bonds is 10. The van der Waals surface area contributed by atoms with E-state index in [0.717, 1.165) is 0 Å². The van der Waals surface area contributed by atoms with Crippen molar-refractivity contribution >= 4 is 48.4 Å². The Kier molecular flexibility index (Phi) is 13.8. The van der Waals surface area contributed by atoms with E-state index in [4.69, 9.17) is 21.0 Å². The van der Waals surface area contributed by atoms with Gasteiger partial charge in [0.15, 0.2) is 0 Å². The van der Waals surface area contributed by atoms with E-state index in [1.807, 2.05) is 0 Å². The highest BCUT2D eigenvalue weighted by Gasteiger charge is 2.28. The lowest BCUT2D eigenvalue weighted by molar-refractivity contribution is -0.137. The van der Waals surface area contributed by atoms with Crippen LogP contribution >= 0.6 is 24.8 Å². The Morgan fingerprint density at radius 3 is 1.31 bits per heavy atom. The lowest BCUT2D eigenvalue weighted by atomic mass is 10.0. The molecule has 0 radical (unpaired) electrons. The van der Waals surface area contributed by atoms with Gasteiger partial charge in [-0.3, -0.25) is 20.4 Å². The Labute approximate surface area is 165 Å². The summed E-state index contributed by atoms with van der Waals surface area (Å²) in [7, 11) is 0. The van der Waals surface area contributed by atoms with Crippen molar-refractivity contribution in [1.29, 1.82) is 10.8 Å². The van der Waals surface area contributed by atoms with E-state index in [1.54, 1.807) is 27.7 Å². The number of azo groups is 1. The molecule has 0 bridgehead atoms. The van der Waals surface area contributed by atoms with Crippen molar-refractivity contribution in [3.05, 3.63) is 0 Å². The first-order valence-electron chi connectivity index (χ1n) is 7.42. The van der Waals surface area contributed by atoms with Gasteiger partial charge >= 0.3 is 11.9 Å². The zero-order valence-electron chi connectivity index (χ0n) is 15.3. The summed E-state index contributed by atoms with van der Waals surface area (Å²) in [5.74, 6) is -1.88. The molecule has 0 aromatic rings. The molecule has 0 aliphatic carbocycles. The van der Waals surface area contributed by atoms with Crippen LogP contribution in [0.15, 0.2) is 10.2 Å². The Morgan fingerprint density at radius 1 is 0.808 bits per heavy atom. The summed E-state index contributed by atoms with van der Waals surface area (Å²) in [6, 6.07) is 0. The van der Waals surface area contributed by atoms with Crippen molar-refractivity contribution in [2.24, 2.45) is 10.2 Å². The van der Waals surface area contributed by atoms with E-state index in [9.17, 15) is 9.59 Å². The standard InChI is InChI=1S/C14H26N6O4.2ClH/c1-13(2,11(15)17-7-5-9(21)22)19-20-14(3,4)12(16)18-8-6-10(23)24;;/h5-8H2,1-4H3,(H2,15,17)(H2,16,18)(H,21,22)(H,23,24);2*1H/b20-19+;;. The number of carboxylic acid groups (broad SMARTS) is 2. The topological polar surface area (TPSA) is 171 Å². The van der Waals surface area contributed by atoms with Crippen LogP contribution < -0.4 is 10.6 Å². The average molecular weight is 415 g/mol. The first kappa shape index (κ1) is 28.8. The molecule has 12 heteroatoms. The highest BCUT2D eigenvalue weighted by molar-refractivity contribution is 5.89. The Hall–Kier alpha value is -1.94. The van der Waals surface area contributed by atoms with Gasteiger partial charge in [-0.05, 0) is 27.7 Å². The highest BCUT2D eigenvalue weighted by Crippen LogP contribution is 2.16. The maximum Gasteiger partial charge on any atom is 0.305 e. The van der Waals surface area contributed by atoms with Gasteiger partial charge in [-0.15, -0.1) is 24.8 Å². The number of halogens is 2. The molecule has 6 N–H and O–H groups in total. The molecule has 26 heavy (non-hydrogen) atoms. The van der Waals surface area contributed by atoms with Crippen molar-refractivity contribution in [3.8, 4) is 0 Å². The molecule has 0 saturated carbocycles. The molecule has 0 aromatic carbocycles. The minimum Gasteiger partial charge on any atom is -0.481 e. The fraction of sp³-hybridized carbons (Fsp3) is 0.714. The first-order valence-corrected chi connectivity index (χ1v) is 7.42. The van der Waals surface area contributed by atoms with Gasteiger partial charge in [-0.2, -0.15) is 10.2 Å². The number of hydrogen-bond donors (Lipinski definition) is 6. The van der Waals surface area contributed by atoms with Gasteiger partial charge in [0.2, 0.25) is 0 Å². The smallest absolute Gasteiger partial charge is 0.305 e. The Morgan fingerprint density at radius 2 is 1.08 bits per heavy atom. The normalized spacial score (nSPS) is 11.1. The van der Waals surface area contributed by atoms with Crippen LogP contribution in [-0.4, -0.2) is 58.0 Å². The van der Waals surface area contributed by atoms with E-state index in [0.29, 0.717) is 0 Å². The summed E-state index contributed by atoms with van der Waals surface area (Å²) in [6.07, 6.45) is -0.224. The van der Waals surface area contributed by atoms with E-state index in [1.165, 1.54) is 0 Å². The Balaban J connectivity index is -0.00000264. The van der Waals surface area contributed by atoms with Crippen molar-refractivity contribution < 1.29 is 19.8 Å². The number of carboxylic acids is 2. The summed E-state index contributed by atoms with van der Waals surface area (Å²) < 4.78 is 0. The third-order valence-corrected chi connectivity index (χ3v) is 3.05. The second-order valence-electron chi connectivity index (χ2n) is 6.21. The van der Waals surface area contributed by atoms with Crippen LogP contribution in [-0.2, 0) is 9.59 Å². The molecular weight excluding hydrogens is 387 g/mol. The third-order valence-electron chi connectivity index (χ3n) is 3.05. The molecule has 0 atom stereocenters. The first-order chi connectivity index (χ1) is 10.9. The fourth-order valence-electron chi connectivity index (χ4n) is 1.37. The predicted molar refractivity (Wildman–Crippen MR) is 103 cm³/mol. The van der Waals surface area contributed by atoms with Gasteiger partial charge in [-0.25, -0.2) is 0 Å². The van der Waals surface area contributed by atoms with Gasteiger partial charge < -0.3 is 20.8 Å². The largest absolute Gasteiger partial charge is 0.481 e. The van der Waals surface area contributed by atoms with Crippen LogP contribution in [0.3, 0.4) is 0 Å². The maximum atomic E-state index is 10.5. The molecule has 0 aromatic heterocycles. The van der Waals surface area contributed by atoms with Crippen molar-refractivity contribution in [3.63, 3.8) is 0 Å².